The standard InChI is InChI=1S/C19H21N3O5S/c1-4-21(11-13-7-8-14(25-2)15(10-13)26-3)17(23)12-22-18(20-27-19(22)24)16-6-5-9-28-16/h5-10H,4,11-12H2,1-3H3. The molecular weight excluding hydrogens is 382 g/mol. The van der Waals surface area contributed by atoms with Gasteiger partial charge in [-0.25, -0.2) is 9.36 Å². The topological polar surface area (TPSA) is 86.8 Å². The summed E-state index contributed by atoms with van der Waals surface area (Å²) >= 11 is 1.42. The van der Waals surface area contributed by atoms with Gasteiger partial charge >= 0.3 is 5.76 Å². The summed E-state index contributed by atoms with van der Waals surface area (Å²) in [4.78, 5) is 27.3. The highest BCUT2D eigenvalue weighted by Crippen LogP contribution is 2.28. The number of amides is 1. The van der Waals surface area contributed by atoms with Crippen molar-refractivity contribution in [3.8, 4) is 22.2 Å². The molecule has 3 aromatic rings. The first-order chi connectivity index (χ1) is 13.6. The molecule has 148 valence electrons. The highest BCUT2D eigenvalue weighted by molar-refractivity contribution is 7.13. The molecule has 3 rings (SSSR count). The molecule has 0 unspecified atom stereocenters. The van der Waals surface area contributed by atoms with Crippen LogP contribution in [0.2, 0.25) is 0 Å². The number of methoxy groups -OCH3 is 2. The van der Waals surface area contributed by atoms with Crippen LogP contribution in [0.25, 0.3) is 10.7 Å². The summed E-state index contributed by atoms with van der Waals surface area (Å²) in [6.07, 6.45) is 0. The van der Waals surface area contributed by atoms with Crippen LogP contribution in [0.15, 0.2) is 45.0 Å². The molecule has 0 spiro atoms. The van der Waals surface area contributed by atoms with Gasteiger partial charge in [0, 0.05) is 13.1 Å². The molecule has 0 radical (unpaired) electrons. The van der Waals surface area contributed by atoms with Crippen molar-refractivity contribution in [2.75, 3.05) is 20.8 Å². The van der Waals surface area contributed by atoms with Crippen molar-refractivity contribution in [2.45, 2.75) is 20.0 Å². The van der Waals surface area contributed by atoms with Crippen LogP contribution in [0.3, 0.4) is 0 Å². The Morgan fingerprint density at radius 2 is 2.04 bits per heavy atom. The van der Waals surface area contributed by atoms with E-state index in [2.05, 4.69) is 5.16 Å². The lowest BCUT2D eigenvalue weighted by Gasteiger charge is -2.21. The minimum atomic E-state index is -0.654. The summed E-state index contributed by atoms with van der Waals surface area (Å²) < 4.78 is 16.6. The fraction of sp³-hybridized carbons (Fsp3) is 0.316. The molecule has 0 aliphatic heterocycles. The fourth-order valence-electron chi connectivity index (χ4n) is 2.80. The van der Waals surface area contributed by atoms with Crippen molar-refractivity contribution in [2.24, 2.45) is 0 Å². The minimum Gasteiger partial charge on any atom is -0.493 e. The van der Waals surface area contributed by atoms with Gasteiger partial charge in [-0.15, -0.1) is 11.3 Å². The minimum absolute atomic E-state index is 0.142. The number of rotatable bonds is 8. The highest BCUT2D eigenvalue weighted by atomic mass is 32.1. The van der Waals surface area contributed by atoms with Gasteiger partial charge in [0.15, 0.2) is 17.3 Å². The number of thiophene rings is 1. The molecule has 28 heavy (non-hydrogen) atoms. The number of carbonyl (C=O) groups is 1. The van der Waals surface area contributed by atoms with Crippen LogP contribution in [-0.2, 0) is 17.9 Å². The maximum absolute atomic E-state index is 12.8. The summed E-state index contributed by atoms with van der Waals surface area (Å²) in [5, 5.41) is 5.68. The molecule has 2 aromatic heterocycles. The molecule has 2 heterocycles. The first-order valence-electron chi connectivity index (χ1n) is 8.66. The quantitative estimate of drug-likeness (QED) is 0.575. The first kappa shape index (κ1) is 19.7. The smallest absolute Gasteiger partial charge is 0.442 e. The van der Waals surface area contributed by atoms with Crippen LogP contribution >= 0.6 is 11.3 Å². The average molecular weight is 403 g/mol. The van der Waals surface area contributed by atoms with E-state index in [-0.39, 0.29) is 12.5 Å². The predicted molar refractivity (Wildman–Crippen MR) is 105 cm³/mol. The summed E-state index contributed by atoms with van der Waals surface area (Å²) in [6.45, 7) is 2.61. The first-order valence-corrected chi connectivity index (χ1v) is 9.54. The third-order valence-corrected chi connectivity index (χ3v) is 5.14. The Balaban J connectivity index is 1.78. The highest BCUT2D eigenvalue weighted by Gasteiger charge is 2.20. The van der Waals surface area contributed by atoms with Gasteiger partial charge in [0.25, 0.3) is 0 Å². The Hall–Kier alpha value is -3.07. The lowest BCUT2D eigenvalue weighted by Crippen LogP contribution is -2.35. The van der Waals surface area contributed by atoms with E-state index < -0.39 is 5.76 Å². The van der Waals surface area contributed by atoms with Gasteiger partial charge in [0.05, 0.1) is 19.1 Å². The van der Waals surface area contributed by atoms with E-state index >= 15 is 0 Å². The summed E-state index contributed by atoms with van der Waals surface area (Å²) in [5.41, 5.74) is 0.893. The van der Waals surface area contributed by atoms with Crippen molar-refractivity contribution < 1.29 is 18.8 Å². The zero-order valence-electron chi connectivity index (χ0n) is 15.9. The molecule has 0 aliphatic rings. The number of nitrogens with zero attached hydrogens (tertiary/aromatic N) is 3. The van der Waals surface area contributed by atoms with Crippen LogP contribution in [0.4, 0.5) is 0 Å². The number of benzene rings is 1. The number of carbonyl (C=O) groups excluding carboxylic acids is 1. The zero-order valence-corrected chi connectivity index (χ0v) is 16.7. The molecule has 0 aliphatic carbocycles. The number of aromatic nitrogens is 2. The van der Waals surface area contributed by atoms with Crippen molar-refractivity contribution in [3.63, 3.8) is 0 Å². The lowest BCUT2D eigenvalue weighted by molar-refractivity contribution is -0.132. The Morgan fingerprint density at radius 1 is 1.25 bits per heavy atom. The van der Waals surface area contributed by atoms with Crippen LogP contribution < -0.4 is 15.2 Å². The molecule has 0 saturated heterocycles. The lowest BCUT2D eigenvalue weighted by atomic mass is 10.2. The second-order valence-electron chi connectivity index (χ2n) is 5.93. The van der Waals surface area contributed by atoms with Gasteiger partial charge < -0.3 is 14.4 Å². The summed E-state index contributed by atoms with van der Waals surface area (Å²) in [5.74, 6) is 0.714. The predicted octanol–water partition coefficient (Wildman–Crippen LogP) is 2.63. The van der Waals surface area contributed by atoms with Crippen LogP contribution in [0.5, 0.6) is 11.5 Å². The normalized spacial score (nSPS) is 10.7. The number of hydrogen-bond donors (Lipinski definition) is 0. The van der Waals surface area contributed by atoms with Gasteiger partial charge in [-0.3, -0.25) is 9.32 Å². The largest absolute Gasteiger partial charge is 0.493 e. The van der Waals surface area contributed by atoms with Gasteiger partial charge in [-0.2, -0.15) is 0 Å². The summed E-state index contributed by atoms with van der Waals surface area (Å²) in [7, 11) is 3.13. The number of ether oxygens (including phenoxy) is 2. The van der Waals surface area contributed by atoms with Crippen LogP contribution in [-0.4, -0.2) is 41.3 Å². The molecular formula is C19H21N3O5S. The van der Waals surface area contributed by atoms with E-state index in [1.54, 1.807) is 25.2 Å². The molecule has 9 heteroatoms. The maximum atomic E-state index is 12.8. The van der Waals surface area contributed by atoms with E-state index in [1.165, 1.54) is 15.9 Å². The number of likely N-dealkylation sites (N-methyl/N-ethyl adjacent to an activating group) is 1. The average Bonchev–Trinajstić information content (AvgIpc) is 3.36. The Labute approximate surface area is 165 Å². The molecule has 1 aromatic carbocycles. The summed E-state index contributed by atoms with van der Waals surface area (Å²) in [6, 6.07) is 9.17. The maximum Gasteiger partial charge on any atom is 0.442 e. The molecule has 0 N–H and O–H groups in total. The van der Waals surface area contributed by atoms with Gasteiger partial charge in [0.1, 0.15) is 6.54 Å². The SMILES string of the molecule is CCN(Cc1ccc(OC)c(OC)c1)C(=O)Cn1c(-c2cccs2)noc1=O. The van der Waals surface area contributed by atoms with Gasteiger partial charge in [-0.1, -0.05) is 17.3 Å². The van der Waals surface area contributed by atoms with E-state index in [4.69, 9.17) is 14.0 Å². The third-order valence-electron chi connectivity index (χ3n) is 4.28. The van der Waals surface area contributed by atoms with Crippen molar-refractivity contribution in [1.29, 1.82) is 0 Å². The Bertz CT molecular complexity index is 993. The van der Waals surface area contributed by atoms with Crippen molar-refractivity contribution >= 4 is 17.2 Å². The second kappa shape index (κ2) is 8.75. The van der Waals surface area contributed by atoms with Gasteiger partial charge in [-0.05, 0) is 36.1 Å². The Kier molecular flexibility index (Phi) is 6.15. The zero-order chi connectivity index (χ0) is 20.1. The van der Waals surface area contributed by atoms with Crippen LogP contribution in [0.1, 0.15) is 12.5 Å². The van der Waals surface area contributed by atoms with Crippen molar-refractivity contribution in [1.82, 2.24) is 14.6 Å². The molecule has 0 saturated carbocycles. The molecule has 8 nitrogen and oxygen atoms in total. The van der Waals surface area contributed by atoms with E-state index in [9.17, 15) is 9.59 Å². The van der Waals surface area contributed by atoms with E-state index in [1.807, 2.05) is 36.6 Å². The molecule has 0 bridgehead atoms. The monoisotopic (exact) mass is 403 g/mol. The Morgan fingerprint density at radius 3 is 2.68 bits per heavy atom. The third kappa shape index (κ3) is 4.09. The second-order valence-corrected chi connectivity index (χ2v) is 6.88. The van der Waals surface area contributed by atoms with Crippen molar-refractivity contribution in [3.05, 3.63) is 51.8 Å². The molecule has 1 amide bonds. The van der Waals surface area contributed by atoms with E-state index in [0.717, 1.165) is 10.4 Å². The fourth-order valence-corrected chi connectivity index (χ4v) is 3.52. The molecule has 0 fully saturated rings. The van der Waals surface area contributed by atoms with Gasteiger partial charge in [0.2, 0.25) is 5.91 Å². The molecule has 0 atom stereocenters. The number of hydrogen-bond acceptors (Lipinski definition) is 7. The van der Waals surface area contributed by atoms with Crippen LogP contribution in [0, 0.1) is 0 Å². The van der Waals surface area contributed by atoms with E-state index in [0.29, 0.717) is 30.4 Å².